The summed E-state index contributed by atoms with van der Waals surface area (Å²) in [6.45, 7) is 4.63. The molecule has 1 aliphatic carbocycles. The lowest BCUT2D eigenvalue weighted by Crippen LogP contribution is -2.31. The predicted octanol–water partition coefficient (Wildman–Crippen LogP) is 2.16. The summed E-state index contributed by atoms with van der Waals surface area (Å²) in [5, 5.41) is 0. The summed E-state index contributed by atoms with van der Waals surface area (Å²) in [5.41, 5.74) is 5.84. The lowest BCUT2D eigenvalue weighted by Gasteiger charge is -2.31. The Morgan fingerprint density at radius 3 is 2.60 bits per heavy atom. The summed E-state index contributed by atoms with van der Waals surface area (Å²) >= 11 is 0. The van der Waals surface area contributed by atoms with Crippen molar-refractivity contribution in [1.82, 2.24) is 0 Å². The molecule has 0 amide bonds. The van der Waals surface area contributed by atoms with Crippen molar-refractivity contribution in [3.63, 3.8) is 0 Å². The first-order chi connectivity index (χ1) is 4.74. The van der Waals surface area contributed by atoms with Crippen LogP contribution in [0.2, 0.25) is 0 Å². The van der Waals surface area contributed by atoms with Gasteiger partial charge < -0.3 is 5.73 Å². The molecule has 1 saturated carbocycles. The fourth-order valence-electron chi connectivity index (χ4n) is 2.11. The Bertz CT molecular complexity index is 101. The topological polar surface area (TPSA) is 26.0 Å². The van der Waals surface area contributed by atoms with Gasteiger partial charge in [-0.15, -0.1) is 0 Å². The van der Waals surface area contributed by atoms with Gasteiger partial charge in [0.15, 0.2) is 0 Å². The molecule has 0 aromatic carbocycles. The summed E-state index contributed by atoms with van der Waals surface area (Å²) in [6.07, 6.45) is 5.20. The van der Waals surface area contributed by atoms with E-state index in [9.17, 15) is 0 Å². The average Bonchev–Trinajstić information content (AvgIpc) is 1.88. The molecule has 1 unspecified atom stereocenters. The maximum atomic E-state index is 5.84. The second-order valence-corrected chi connectivity index (χ2v) is 3.72. The standard InChI is InChI=1S/C9H19N/c1-3-8-4-5-9(10)6-7(8)2/h7-9H,3-6,10H2,1-2H3/t7-,8?,9+/m0/s1. The van der Waals surface area contributed by atoms with E-state index in [2.05, 4.69) is 13.8 Å². The summed E-state index contributed by atoms with van der Waals surface area (Å²) in [7, 11) is 0. The van der Waals surface area contributed by atoms with Gasteiger partial charge in [-0.1, -0.05) is 20.3 Å². The lowest BCUT2D eigenvalue weighted by molar-refractivity contribution is 0.227. The van der Waals surface area contributed by atoms with Crippen LogP contribution in [-0.4, -0.2) is 6.04 Å². The molecule has 2 N–H and O–H groups in total. The van der Waals surface area contributed by atoms with Crippen molar-refractivity contribution in [2.45, 2.75) is 45.6 Å². The molecule has 1 nitrogen and oxygen atoms in total. The fourth-order valence-corrected chi connectivity index (χ4v) is 2.11. The number of hydrogen-bond donors (Lipinski definition) is 1. The Morgan fingerprint density at radius 1 is 1.40 bits per heavy atom. The SMILES string of the molecule is CCC1CC[C@@H](N)C[C@@H]1C. The molecule has 0 aromatic heterocycles. The summed E-state index contributed by atoms with van der Waals surface area (Å²) in [6, 6.07) is 0.498. The van der Waals surface area contributed by atoms with E-state index in [0.717, 1.165) is 11.8 Å². The highest BCUT2D eigenvalue weighted by Gasteiger charge is 2.23. The monoisotopic (exact) mass is 141 g/mol. The van der Waals surface area contributed by atoms with Crippen molar-refractivity contribution in [2.24, 2.45) is 17.6 Å². The highest BCUT2D eigenvalue weighted by atomic mass is 14.6. The maximum absolute atomic E-state index is 5.84. The zero-order valence-electron chi connectivity index (χ0n) is 7.14. The molecule has 0 saturated heterocycles. The third-order valence-corrected chi connectivity index (χ3v) is 2.91. The summed E-state index contributed by atoms with van der Waals surface area (Å²) < 4.78 is 0. The number of nitrogens with two attached hydrogens (primary N) is 1. The molecule has 0 spiro atoms. The Kier molecular flexibility index (Phi) is 2.72. The first-order valence-corrected chi connectivity index (χ1v) is 4.49. The van der Waals surface area contributed by atoms with Crippen molar-refractivity contribution in [1.29, 1.82) is 0 Å². The molecule has 3 atom stereocenters. The summed E-state index contributed by atoms with van der Waals surface area (Å²) in [5.74, 6) is 1.83. The highest BCUT2D eigenvalue weighted by Crippen LogP contribution is 2.30. The highest BCUT2D eigenvalue weighted by molar-refractivity contribution is 4.78. The van der Waals surface area contributed by atoms with Gasteiger partial charge in [-0.3, -0.25) is 0 Å². The second kappa shape index (κ2) is 3.38. The third-order valence-electron chi connectivity index (χ3n) is 2.91. The van der Waals surface area contributed by atoms with Gasteiger partial charge in [0.2, 0.25) is 0 Å². The molecule has 0 radical (unpaired) electrons. The van der Waals surface area contributed by atoms with Crippen LogP contribution in [0.25, 0.3) is 0 Å². The average molecular weight is 141 g/mol. The van der Waals surface area contributed by atoms with E-state index in [4.69, 9.17) is 5.73 Å². The van der Waals surface area contributed by atoms with Gasteiger partial charge in [-0.2, -0.15) is 0 Å². The molecular weight excluding hydrogens is 122 g/mol. The van der Waals surface area contributed by atoms with Gasteiger partial charge in [0, 0.05) is 6.04 Å². The third kappa shape index (κ3) is 1.72. The zero-order chi connectivity index (χ0) is 7.56. The first kappa shape index (κ1) is 8.06. The largest absolute Gasteiger partial charge is 0.328 e. The van der Waals surface area contributed by atoms with Crippen LogP contribution >= 0.6 is 0 Å². The van der Waals surface area contributed by atoms with Crippen molar-refractivity contribution in [3.8, 4) is 0 Å². The Morgan fingerprint density at radius 2 is 2.10 bits per heavy atom. The minimum absolute atomic E-state index is 0.498. The Balaban J connectivity index is 2.36. The zero-order valence-corrected chi connectivity index (χ0v) is 7.14. The Hall–Kier alpha value is -0.0400. The van der Waals surface area contributed by atoms with Crippen LogP contribution < -0.4 is 5.73 Å². The number of hydrogen-bond acceptors (Lipinski definition) is 1. The quantitative estimate of drug-likeness (QED) is 0.595. The van der Waals surface area contributed by atoms with Gasteiger partial charge in [-0.25, -0.2) is 0 Å². The van der Waals surface area contributed by atoms with Crippen molar-refractivity contribution < 1.29 is 0 Å². The second-order valence-electron chi connectivity index (χ2n) is 3.72. The van der Waals surface area contributed by atoms with E-state index >= 15 is 0 Å². The first-order valence-electron chi connectivity index (χ1n) is 4.49. The van der Waals surface area contributed by atoms with Gasteiger partial charge in [0.1, 0.15) is 0 Å². The molecule has 10 heavy (non-hydrogen) atoms. The number of rotatable bonds is 1. The summed E-state index contributed by atoms with van der Waals surface area (Å²) in [4.78, 5) is 0. The van der Waals surface area contributed by atoms with Crippen LogP contribution in [0.1, 0.15) is 39.5 Å². The van der Waals surface area contributed by atoms with Crippen LogP contribution in [0.4, 0.5) is 0 Å². The molecule has 0 aromatic rings. The molecular formula is C9H19N. The van der Waals surface area contributed by atoms with E-state index in [-0.39, 0.29) is 0 Å². The molecule has 60 valence electrons. The smallest absolute Gasteiger partial charge is 0.00415 e. The van der Waals surface area contributed by atoms with E-state index in [1.54, 1.807) is 0 Å². The minimum atomic E-state index is 0.498. The normalized spacial score (nSPS) is 41.7. The minimum Gasteiger partial charge on any atom is -0.328 e. The molecule has 1 heteroatoms. The molecule has 0 aliphatic heterocycles. The van der Waals surface area contributed by atoms with Crippen LogP contribution in [0.5, 0.6) is 0 Å². The van der Waals surface area contributed by atoms with E-state index in [0.29, 0.717) is 6.04 Å². The maximum Gasteiger partial charge on any atom is 0.00415 e. The molecule has 1 fully saturated rings. The van der Waals surface area contributed by atoms with Crippen molar-refractivity contribution >= 4 is 0 Å². The molecule has 1 aliphatic rings. The van der Waals surface area contributed by atoms with Crippen LogP contribution in [0.15, 0.2) is 0 Å². The van der Waals surface area contributed by atoms with Gasteiger partial charge in [0.25, 0.3) is 0 Å². The van der Waals surface area contributed by atoms with Gasteiger partial charge in [0.05, 0.1) is 0 Å². The molecule has 1 rings (SSSR count). The van der Waals surface area contributed by atoms with Gasteiger partial charge >= 0.3 is 0 Å². The van der Waals surface area contributed by atoms with E-state index in [1.165, 1.54) is 25.7 Å². The molecule has 0 bridgehead atoms. The van der Waals surface area contributed by atoms with Crippen LogP contribution in [-0.2, 0) is 0 Å². The van der Waals surface area contributed by atoms with Crippen molar-refractivity contribution in [2.75, 3.05) is 0 Å². The van der Waals surface area contributed by atoms with E-state index < -0.39 is 0 Å². The Labute approximate surface area is 64.0 Å². The predicted molar refractivity (Wildman–Crippen MR) is 44.8 cm³/mol. The lowest BCUT2D eigenvalue weighted by atomic mass is 9.77. The van der Waals surface area contributed by atoms with E-state index in [1.807, 2.05) is 0 Å². The van der Waals surface area contributed by atoms with Crippen LogP contribution in [0, 0.1) is 11.8 Å². The van der Waals surface area contributed by atoms with Crippen molar-refractivity contribution in [3.05, 3.63) is 0 Å². The fraction of sp³-hybridized carbons (Fsp3) is 1.00. The van der Waals surface area contributed by atoms with Crippen LogP contribution in [0.3, 0.4) is 0 Å². The van der Waals surface area contributed by atoms with Gasteiger partial charge in [-0.05, 0) is 31.1 Å². The molecule has 0 heterocycles.